The summed E-state index contributed by atoms with van der Waals surface area (Å²) in [5.74, 6) is 1.26. The molecule has 1 amide bonds. The minimum atomic E-state index is 0.104. The van der Waals surface area contributed by atoms with Crippen LogP contribution in [0.4, 0.5) is 10.8 Å². The van der Waals surface area contributed by atoms with Crippen molar-refractivity contribution in [2.45, 2.75) is 25.7 Å². The summed E-state index contributed by atoms with van der Waals surface area (Å²) in [6.07, 6.45) is 3.89. The highest BCUT2D eigenvalue weighted by atomic mass is 32.1. The minimum Gasteiger partial charge on any atom is -0.497 e. The molecule has 0 saturated carbocycles. The van der Waals surface area contributed by atoms with Crippen molar-refractivity contribution in [3.05, 3.63) is 48.0 Å². The summed E-state index contributed by atoms with van der Waals surface area (Å²) >= 11 is 1.70. The van der Waals surface area contributed by atoms with Crippen LogP contribution in [0.2, 0.25) is 0 Å². The van der Waals surface area contributed by atoms with Crippen molar-refractivity contribution in [2.24, 2.45) is 5.92 Å². The molecule has 150 valence electrons. The van der Waals surface area contributed by atoms with Gasteiger partial charge in [-0.3, -0.25) is 4.79 Å². The third-order valence-corrected chi connectivity index (χ3v) is 7.15. The van der Waals surface area contributed by atoms with E-state index in [9.17, 15) is 4.79 Å². The first-order valence-electron chi connectivity index (χ1n) is 10.3. The summed E-state index contributed by atoms with van der Waals surface area (Å²) in [4.78, 5) is 22.4. The van der Waals surface area contributed by atoms with Gasteiger partial charge in [-0.15, -0.1) is 0 Å². The van der Waals surface area contributed by atoms with E-state index in [2.05, 4.69) is 23.1 Å². The Morgan fingerprint density at radius 2 is 1.97 bits per heavy atom. The smallest absolute Gasteiger partial charge is 0.230 e. The number of hydrogen-bond acceptors (Lipinski definition) is 5. The van der Waals surface area contributed by atoms with Crippen molar-refractivity contribution >= 4 is 38.3 Å². The molecule has 2 aromatic carbocycles. The van der Waals surface area contributed by atoms with E-state index in [-0.39, 0.29) is 5.92 Å². The van der Waals surface area contributed by atoms with Gasteiger partial charge >= 0.3 is 0 Å². The van der Waals surface area contributed by atoms with Gasteiger partial charge in [-0.2, -0.15) is 0 Å². The molecule has 1 aromatic heterocycles. The Bertz CT molecular complexity index is 1040. The van der Waals surface area contributed by atoms with Crippen LogP contribution in [0.25, 0.3) is 10.2 Å². The Hall–Kier alpha value is -2.60. The highest BCUT2D eigenvalue weighted by Gasteiger charge is 2.32. The summed E-state index contributed by atoms with van der Waals surface area (Å²) in [5, 5.41) is 1.04. The molecule has 0 aliphatic carbocycles. The Kier molecular flexibility index (Phi) is 4.87. The number of para-hydroxylation sites is 1. The minimum absolute atomic E-state index is 0.104. The van der Waals surface area contributed by atoms with E-state index in [0.717, 1.165) is 72.1 Å². The second-order valence-corrected chi connectivity index (χ2v) is 8.82. The molecule has 2 aliphatic rings. The number of rotatable bonds is 3. The second kappa shape index (κ2) is 7.67. The van der Waals surface area contributed by atoms with Gasteiger partial charge in [-0.25, -0.2) is 4.98 Å². The van der Waals surface area contributed by atoms with E-state index in [1.54, 1.807) is 18.4 Å². The predicted octanol–water partition coefficient (Wildman–Crippen LogP) is 4.50. The number of amides is 1. The average Bonchev–Trinajstić information content (AvgIpc) is 3.21. The van der Waals surface area contributed by atoms with Gasteiger partial charge in [0.25, 0.3) is 0 Å². The highest BCUT2D eigenvalue weighted by molar-refractivity contribution is 7.22. The van der Waals surface area contributed by atoms with Crippen LogP contribution in [-0.2, 0) is 11.2 Å². The molecule has 29 heavy (non-hydrogen) atoms. The summed E-state index contributed by atoms with van der Waals surface area (Å²) in [6, 6.07) is 14.4. The molecular formula is C23H25N3O2S. The maximum Gasteiger partial charge on any atom is 0.230 e. The number of thiazole rings is 1. The number of nitrogens with zero attached hydrogens (tertiary/aromatic N) is 3. The average molecular weight is 408 g/mol. The topological polar surface area (TPSA) is 45.7 Å². The molecule has 1 fully saturated rings. The Balaban J connectivity index is 1.28. The lowest BCUT2D eigenvalue weighted by Gasteiger charge is -2.36. The van der Waals surface area contributed by atoms with Crippen LogP contribution in [0.3, 0.4) is 0 Å². The SMILES string of the molecule is COc1ccc2nc(N3CCC(C(=O)N4CCCc5ccccc54)CC3)sc2c1. The normalized spacial score (nSPS) is 17.4. The van der Waals surface area contributed by atoms with Gasteiger partial charge in [-0.05, 0) is 55.5 Å². The molecule has 3 heterocycles. The lowest BCUT2D eigenvalue weighted by molar-refractivity contribution is -0.123. The van der Waals surface area contributed by atoms with Crippen molar-refractivity contribution in [3.63, 3.8) is 0 Å². The molecule has 0 bridgehead atoms. The molecule has 5 rings (SSSR count). The number of aryl methyl sites for hydroxylation is 1. The standard InChI is InChI=1S/C23H25N3O2S/c1-28-18-8-9-19-21(15-18)29-23(24-19)25-13-10-17(11-14-25)22(27)26-12-4-6-16-5-2-3-7-20(16)26/h2-3,5,7-9,15,17H,4,6,10-14H2,1H3. The zero-order valence-corrected chi connectivity index (χ0v) is 17.5. The molecule has 1 saturated heterocycles. The fraction of sp³-hybridized carbons (Fsp3) is 0.391. The van der Waals surface area contributed by atoms with Crippen molar-refractivity contribution < 1.29 is 9.53 Å². The van der Waals surface area contributed by atoms with Crippen molar-refractivity contribution in [2.75, 3.05) is 36.5 Å². The molecule has 0 N–H and O–H groups in total. The molecule has 0 radical (unpaired) electrons. The number of anilines is 2. The molecule has 0 atom stereocenters. The Morgan fingerprint density at radius 1 is 1.14 bits per heavy atom. The number of aromatic nitrogens is 1. The number of carbonyl (C=O) groups is 1. The quantitative estimate of drug-likeness (QED) is 0.641. The van der Waals surface area contributed by atoms with Crippen LogP contribution in [-0.4, -0.2) is 37.6 Å². The number of piperidine rings is 1. The second-order valence-electron chi connectivity index (χ2n) is 7.81. The number of ether oxygens (including phenoxy) is 1. The number of hydrogen-bond donors (Lipinski definition) is 0. The monoisotopic (exact) mass is 407 g/mol. The van der Waals surface area contributed by atoms with E-state index in [4.69, 9.17) is 9.72 Å². The van der Waals surface area contributed by atoms with Gasteiger partial charge in [0.1, 0.15) is 5.75 Å². The van der Waals surface area contributed by atoms with Crippen molar-refractivity contribution in [1.82, 2.24) is 4.98 Å². The van der Waals surface area contributed by atoms with Crippen LogP contribution in [0.5, 0.6) is 5.75 Å². The lowest BCUT2D eigenvalue weighted by Crippen LogP contribution is -2.44. The molecule has 6 heteroatoms. The van der Waals surface area contributed by atoms with Gasteiger partial charge in [0, 0.05) is 31.2 Å². The van der Waals surface area contributed by atoms with Crippen LogP contribution in [0.15, 0.2) is 42.5 Å². The van der Waals surface area contributed by atoms with Crippen molar-refractivity contribution in [3.8, 4) is 5.75 Å². The highest BCUT2D eigenvalue weighted by Crippen LogP contribution is 2.35. The van der Waals surface area contributed by atoms with Gasteiger partial charge in [0.05, 0.1) is 17.3 Å². The van der Waals surface area contributed by atoms with E-state index in [1.165, 1.54) is 5.56 Å². The van der Waals surface area contributed by atoms with E-state index in [0.29, 0.717) is 5.91 Å². The zero-order chi connectivity index (χ0) is 19.8. The third-order valence-electron chi connectivity index (χ3n) is 6.08. The van der Waals surface area contributed by atoms with Gasteiger partial charge in [0.15, 0.2) is 5.13 Å². The molecule has 0 spiro atoms. The van der Waals surface area contributed by atoms with Crippen molar-refractivity contribution in [1.29, 1.82) is 0 Å². The maximum absolute atomic E-state index is 13.3. The molecular weight excluding hydrogens is 382 g/mol. The van der Waals surface area contributed by atoms with Crippen LogP contribution in [0, 0.1) is 5.92 Å². The van der Waals surface area contributed by atoms with Gasteiger partial charge in [0.2, 0.25) is 5.91 Å². The lowest BCUT2D eigenvalue weighted by atomic mass is 9.93. The number of benzene rings is 2. The Labute approximate surface area is 174 Å². The van der Waals surface area contributed by atoms with Gasteiger partial charge < -0.3 is 14.5 Å². The summed E-state index contributed by atoms with van der Waals surface area (Å²) in [7, 11) is 1.69. The summed E-state index contributed by atoms with van der Waals surface area (Å²) in [6.45, 7) is 2.60. The Morgan fingerprint density at radius 3 is 2.79 bits per heavy atom. The largest absolute Gasteiger partial charge is 0.497 e. The van der Waals surface area contributed by atoms with Crippen LogP contribution in [0.1, 0.15) is 24.8 Å². The first-order valence-corrected chi connectivity index (χ1v) is 11.1. The fourth-order valence-electron chi connectivity index (χ4n) is 4.46. The number of fused-ring (bicyclic) bond motifs is 2. The maximum atomic E-state index is 13.3. The fourth-order valence-corrected chi connectivity index (χ4v) is 5.50. The van der Waals surface area contributed by atoms with E-state index >= 15 is 0 Å². The first-order chi connectivity index (χ1) is 14.2. The third kappa shape index (κ3) is 3.46. The van der Waals surface area contributed by atoms with Crippen LogP contribution < -0.4 is 14.5 Å². The van der Waals surface area contributed by atoms with Crippen LogP contribution >= 0.6 is 11.3 Å². The number of carbonyl (C=O) groups excluding carboxylic acids is 1. The van der Waals surface area contributed by atoms with E-state index in [1.807, 2.05) is 29.2 Å². The summed E-state index contributed by atoms with van der Waals surface area (Å²) < 4.78 is 6.46. The molecule has 5 nitrogen and oxygen atoms in total. The first kappa shape index (κ1) is 18.4. The molecule has 2 aliphatic heterocycles. The molecule has 0 unspecified atom stereocenters. The van der Waals surface area contributed by atoms with Gasteiger partial charge in [-0.1, -0.05) is 29.5 Å². The molecule has 3 aromatic rings. The van der Waals surface area contributed by atoms with E-state index < -0.39 is 0 Å². The number of methoxy groups -OCH3 is 1. The summed E-state index contributed by atoms with van der Waals surface area (Å²) in [5.41, 5.74) is 3.43. The zero-order valence-electron chi connectivity index (χ0n) is 16.6. The predicted molar refractivity (Wildman–Crippen MR) is 118 cm³/mol.